The van der Waals surface area contributed by atoms with Crippen molar-refractivity contribution in [2.75, 3.05) is 30.0 Å². The van der Waals surface area contributed by atoms with E-state index in [2.05, 4.69) is 5.32 Å². The van der Waals surface area contributed by atoms with Crippen molar-refractivity contribution in [1.29, 1.82) is 0 Å². The molecule has 0 radical (unpaired) electrons. The largest absolute Gasteiger partial charge is 0.486 e. The summed E-state index contributed by atoms with van der Waals surface area (Å²) in [5, 5.41) is 3.04. The maximum absolute atomic E-state index is 14.0. The lowest BCUT2D eigenvalue weighted by Gasteiger charge is -2.20. The van der Waals surface area contributed by atoms with Crippen molar-refractivity contribution in [3.8, 4) is 11.5 Å². The molecule has 4 rings (SSSR count). The smallest absolute Gasteiger partial charge is 0.229 e. The van der Waals surface area contributed by atoms with Crippen molar-refractivity contribution in [3.05, 3.63) is 47.2 Å². The topological polar surface area (TPSA) is 67.9 Å². The molecule has 1 saturated heterocycles. The molecule has 140 valence electrons. The summed E-state index contributed by atoms with van der Waals surface area (Å²) in [4.78, 5) is 26.2. The summed E-state index contributed by atoms with van der Waals surface area (Å²) in [6.45, 7) is 0.954. The summed E-state index contributed by atoms with van der Waals surface area (Å²) in [5.74, 6) is -0.750. The summed E-state index contributed by atoms with van der Waals surface area (Å²) < 4.78 is 24.9. The zero-order chi connectivity index (χ0) is 19.0. The minimum absolute atomic E-state index is 0.00232. The van der Waals surface area contributed by atoms with Gasteiger partial charge in [-0.3, -0.25) is 9.59 Å². The minimum atomic E-state index is -0.610. The molecular weight excluding hydrogens is 375 g/mol. The van der Waals surface area contributed by atoms with E-state index in [1.54, 1.807) is 24.3 Å². The van der Waals surface area contributed by atoms with Crippen molar-refractivity contribution in [3.63, 3.8) is 0 Å². The molecule has 2 amide bonds. The summed E-state index contributed by atoms with van der Waals surface area (Å²) in [6.07, 6.45) is 0.00232. The van der Waals surface area contributed by atoms with Crippen LogP contribution in [0.5, 0.6) is 11.5 Å². The van der Waals surface area contributed by atoms with E-state index in [0.29, 0.717) is 35.4 Å². The summed E-state index contributed by atoms with van der Waals surface area (Å²) in [7, 11) is 0. The van der Waals surface area contributed by atoms with E-state index in [1.807, 2.05) is 0 Å². The number of halogens is 2. The van der Waals surface area contributed by atoms with Gasteiger partial charge < -0.3 is 19.7 Å². The fourth-order valence-corrected chi connectivity index (χ4v) is 3.38. The number of hydrogen-bond donors (Lipinski definition) is 1. The van der Waals surface area contributed by atoms with Gasteiger partial charge in [0.1, 0.15) is 19.0 Å². The van der Waals surface area contributed by atoms with E-state index in [9.17, 15) is 14.0 Å². The molecule has 1 unspecified atom stereocenters. The van der Waals surface area contributed by atoms with Crippen LogP contribution in [-0.2, 0) is 9.59 Å². The number of carbonyl (C=O) groups is 2. The number of hydrogen-bond acceptors (Lipinski definition) is 4. The molecule has 2 heterocycles. The first kappa shape index (κ1) is 17.6. The average Bonchev–Trinajstić information content (AvgIpc) is 3.04. The van der Waals surface area contributed by atoms with Crippen molar-refractivity contribution in [2.24, 2.45) is 5.92 Å². The highest BCUT2D eigenvalue weighted by atomic mass is 35.5. The summed E-state index contributed by atoms with van der Waals surface area (Å²) >= 11 is 6.21. The SMILES string of the molecule is O=C(Nc1cc2c(cc1Cl)OCCO2)C1CC(=O)N(c2ccccc2F)C1. The molecule has 27 heavy (non-hydrogen) atoms. The Kier molecular flexibility index (Phi) is 4.61. The second kappa shape index (κ2) is 7.08. The van der Waals surface area contributed by atoms with Crippen LogP contribution in [0, 0.1) is 11.7 Å². The number of ether oxygens (including phenoxy) is 2. The quantitative estimate of drug-likeness (QED) is 0.873. The number of para-hydroxylation sites is 1. The van der Waals surface area contributed by atoms with Gasteiger partial charge in [-0.05, 0) is 12.1 Å². The molecule has 1 fully saturated rings. The van der Waals surface area contributed by atoms with Gasteiger partial charge in [0.05, 0.1) is 22.3 Å². The Balaban J connectivity index is 1.50. The van der Waals surface area contributed by atoms with Gasteiger partial charge in [-0.25, -0.2) is 4.39 Å². The Morgan fingerprint density at radius 3 is 2.63 bits per heavy atom. The van der Waals surface area contributed by atoms with E-state index in [4.69, 9.17) is 21.1 Å². The molecule has 1 N–H and O–H groups in total. The van der Waals surface area contributed by atoms with Crippen LogP contribution in [0.15, 0.2) is 36.4 Å². The molecule has 0 bridgehead atoms. The molecule has 8 heteroatoms. The molecule has 2 aliphatic heterocycles. The van der Waals surface area contributed by atoms with Crippen LogP contribution in [0.3, 0.4) is 0 Å². The fourth-order valence-electron chi connectivity index (χ4n) is 3.18. The zero-order valence-electron chi connectivity index (χ0n) is 14.2. The third-order valence-electron chi connectivity index (χ3n) is 4.53. The standard InChI is InChI=1S/C19H16ClFN2O4/c20-12-8-16-17(27-6-5-26-16)9-14(12)22-19(25)11-7-18(24)23(10-11)15-4-2-1-3-13(15)21/h1-4,8-9,11H,5-7,10H2,(H,22,25). The van der Waals surface area contributed by atoms with Crippen molar-refractivity contribution in [2.45, 2.75) is 6.42 Å². The summed E-state index contributed by atoms with van der Waals surface area (Å²) in [6, 6.07) is 9.18. The van der Waals surface area contributed by atoms with Crippen LogP contribution in [0.2, 0.25) is 5.02 Å². The van der Waals surface area contributed by atoms with Gasteiger partial charge in [0, 0.05) is 25.1 Å². The number of anilines is 2. The van der Waals surface area contributed by atoms with E-state index < -0.39 is 11.7 Å². The second-order valence-electron chi connectivity index (χ2n) is 6.32. The Morgan fingerprint density at radius 1 is 1.19 bits per heavy atom. The predicted molar refractivity (Wildman–Crippen MR) is 97.9 cm³/mol. The number of fused-ring (bicyclic) bond motifs is 1. The van der Waals surface area contributed by atoms with Gasteiger partial charge in [0.15, 0.2) is 11.5 Å². The molecular formula is C19H16ClFN2O4. The fraction of sp³-hybridized carbons (Fsp3) is 0.263. The maximum atomic E-state index is 14.0. The second-order valence-corrected chi connectivity index (χ2v) is 6.73. The van der Waals surface area contributed by atoms with Crippen molar-refractivity contribution >= 4 is 34.8 Å². The molecule has 6 nitrogen and oxygen atoms in total. The molecule has 0 aliphatic carbocycles. The van der Waals surface area contributed by atoms with Gasteiger partial charge >= 0.3 is 0 Å². The first-order valence-corrected chi connectivity index (χ1v) is 8.85. The van der Waals surface area contributed by atoms with Crippen LogP contribution in [-0.4, -0.2) is 31.6 Å². The van der Waals surface area contributed by atoms with Gasteiger partial charge in [-0.2, -0.15) is 0 Å². The predicted octanol–water partition coefficient (Wildman–Crippen LogP) is 3.24. The third kappa shape index (κ3) is 3.42. The highest BCUT2D eigenvalue weighted by molar-refractivity contribution is 6.34. The first-order valence-electron chi connectivity index (χ1n) is 8.48. The molecule has 2 aromatic carbocycles. The first-order chi connectivity index (χ1) is 13.0. The van der Waals surface area contributed by atoms with Crippen molar-refractivity contribution < 1.29 is 23.5 Å². The maximum Gasteiger partial charge on any atom is 0.229 e. The molecule has 1 atom stereocenters. The summed E-state index contributed by atoms with van der Waals surface area (Å²) in [5.41, 5.74) is 0.554. The average molecular weight is 391 g/mol. The number of benzene rings is 2. The molecule has 0 spiro atoms. The van der Waals surface area contributed by atoms with Gasteiger partial charge in [0.25, 0.3) is 0 Å². The normalized spacial score (nSPS) is 18.5. The van der Waals surface area contributed by atoms with Crippen molar-refractivity contribution in [1.82, 2.24) is 0 Å². The van der Waals surface area contributed by atoms with E-state index in [-0.39, 0.29) is 30.5 Å². The lowest BCUT2D eigenvalue weighted by Crippen LogP contribution is -2.28. The van der Waals surface area contributed by atoms with E-state index in [0.717, 1.165) is 0 Å². The van der Waals surface area contributed by atoms with Crippen LogP contribution in [0.25, 0.3) is 0 Å². The molecule has 0 saturated carbocycles. The Morgan fingerprint density at radius 2 is 1.89 bits per heavy atom. The Labute approximate surface area is 159 Å². The lowest BCUT2D eigenvalue weighted by molar-refractivity contribution is -0.122. The highest BCUT2D eigenvalue weighted by Crippen LogP contribution is 2.38. The van der Waals surface area contributed by atoms with Crippen LogP contribution in [0.4, 0.5) is 15.8 Å². The highest BCUT2D eigenvalue weighted by Gasteiger charge is 2.36. The number of amides is 2. The van der Waals surface area contributed by atoms with Crippen LogP contribution >= 0.6 is 11.6 Å². The van der Waals surface area contributed by atoms with Gasteiger partial charge in [0.2, 0.25) is 11.8 Å². The third-order valence-corrected chi connectivity index (χ3v) is 4.84. The lowest BCUT2D eigenvalue weighted by atomic mass is 10.1. The minimum Gasteiger partial charge on any atom is -0.486 e. The van der Waals surface area contributed by atoms with Crippen LogP contribution in [0.1, 0.15) is 6.42 Å². The van der Waals surface area contributed by atoms with Gasteiger partial charge in [-0.15, -0.1) is 0 Å². The molecule has 2 aromatic rings. The van der Waals surface area contributed by atoms with E-state index in [1.165, 1.54) is 17.0 Å². The zero-order valence-corrected chi connectivity index (χ0v) is 15.0. The Hall–Kier alpha value is -2.80. The van der Waals surface area contributed by atoms with Crippen LogP contribution < -0.4 is 19.7 Å². The number of nitrogens with one attached hydrogen (secondary N) is 1. The Bertz CT molecular complexity index is 921. The number of nitrogens with zero attached hydrogens (tertiary/aromatic N) is 1. The number of rotatable bonds is 3. The molecule has 0 aromatic heterocycles. The molecule has 2 aliphatic rings. The number of carbonyl (C=O) groups excluding carboxylic acids is 2. The monoisotopic (exact) mass is 390 g/mol. The van der Waals surface area contributed by atoms with Gasteiger partial charge in [-0.1, -0.05) is 23.7 Å². The van der Waals surface area contributed by atoms with E-state index >= 15 is 0 Å².